The molecule has 1 aliphatic rings. The van der Waals surface area contributed by atoms with Gasteiger partial charge in [0.25, 0.3) is 0 Å². The van der Waals surface area contributed by atoms with Gasteiger partial charge < -0.3 is 10.3 Å². The minimum absolute atomic E-state index is 0.283. The second-order valence-corrected chi connectivity index (χ2v) is 4.33. The molecule has 0 saturated heterocycles. The highest BCUT2D eigenvalue weighted by molar-refractivity contribution is 5.28. The number of fused-ring (bicyclic) bond motifs is 1. The molecule has 1 aromatic rings. The monoisotopic (exact) mass is 192 g/mol. The Morgan fingerprint density at radius 1 is 1.43 bits per heavy atom. The highest BCUT2D eigenvalue weighted by Crippen LogP contribution is 2.27. The van der Waals surface area contributed by atoms with E-state index in [0.29, 0.717) is 0 Å². The predicted octanol–water partition coefficient (Wildman–Crippen LogP) is 2.62. The fourth-order valence-corrected chi connectivity index (χ4v) is 2.34. The maximum absolute atomic E-state index is 6.14. The molecule has 0 aliphatic heterocycles. The molecule has 2 rings (SSSR count). The largest absolute Gasteiger partial charge is 0.354 e. The topological polar surface area (TPSA) is 30.9 Å². The lowest BCUT2D eigenvalue weighted by Crippen LogP contribution is -2.09. The fraction of sp³-hybridized carbons (Fsp3) is 0.667. The van der Waals surface area contributed by atoms with Crippen LogP contribution in [-0.2, 0) is 13.0 Å². The van der Waals surface area contributed by atoms with Gasteiger partial charge in [-0.25, -0.2) is 0 Å². The van der Waals surface area contributed by atoms with Gasteiger partial charge in [-0.1, -0.05) is 13.3 Å². The number of aryl methyl sites for hydroxylation is 2. The van der Waals surface area contributed by atoms with Crippen molar-refractivity contribution in [1.29, 1.82) is 0 Å². The van der Waals surface area contributed by atoms with Gasteiger partial charge in [-0.3, -0.25) is 0 Å². The maximum atomic E-state index is 6.14. The maximum Gasteiger partial charge on any atom is 0.0312 e. The van der Waals surface area contributed by atoms with Crippen molar-refractivity contribution in [1.82, 2.24) is 4.57 Å². The van der Waals surface area contributed by atoms with Crippen LogP contribution in [0.3, 0.4) is 0 Å². The first-order valence-corrected chi connectivity index (χ1v) is 5.75. The molecule has 78 valence electrons. The summed E-state index contributed by atoms with van der Waals surface area (Å²) in [6, 6.07) is 0.283. The molecule has 0 fully saturated rings. The van der Waals surface area contributed by atoms with Crippen LogP contribution in [-0.4, -0.2) is 4.57 Å². The molecule has 0 aromatic carbocycles. The van der Waals surface area contributed by atoms with Crippen LogP contribution in [0.15, 0.2) is 12.4 Å². The van der Waals surface area contributed by atoms with Crippen molar-refractivity contribution < 1.29 is 0 Å². The first-order chi connectivity index (χ1) is 6.81. The lowest BCUT2D eigenvalue weighted by atomic mass is 10.1. The van der Waals surface area contributed by atoms with Gasteiger partial charge >= 0.3 is 0 Å². The lowest BCUT2D eigenvalue weighted by molar-refractivity contribution is 0.605. The Balaban J connectivity index is 2.24. The lowest BCUT2D eigenvalue weighted by Gasteiger charge is -2.07. The van der Waals surface area contributed by atoms with Gasteiger partial charge in [0, 0.05) is 25.0 Å². The molecule has 1 atom stereocenters. The molecule has 0 radical (unpaired) electrons. The first-order valence-electron chi connectivity index (χ1n) is 5.75. The van der Waals surface area contributed by atoms with Crippen molar-refractivity contribution in [3.05, 3.63) is 23.5 Å². The minimum Gasteiger partial charge on any atom is -0.354 e. The Hall–Kier alpha value is -0.760. The second-order valence-electron chi connectivity index (χ2n) is 4.33. The van der Waals surface area contributed by atoms with E-state index in [9.17, 15) is 0 Å². The van der Waals surface area contributed by atoms with Gasteiger partial charge in [-0.05, 0) is 36.8 Å². The zero-order valence-electron chi connectivity index (χ0n) is 9.00. The minimum atomic E-state index is 0.283. The zero-order chi connectivity index (χ0) is 9.97. The second kappa shape index (κ2) is 4.18. The summed E-state index contributed by atoms with van der Waals surface area (Å²) < 4.78 is 2.30. The Kier molecular flexibility index (Phi) is 2.92. The molecule has 2 nitrogen and oxygen atoms in total. The van der Waals surface area contributed by atoms with E-state index in [1.165, 1.54) is 36.8 Å². The summed E-state index contributed by atoms with van der Waals surface area (Å²) >= 11 is 0. The van der Waals surface area contributed by atoms with Crippen molar-refractivity contribution in [2.24, 2.45) is 5.73 Å². The molecular formula is C12H20N2. The van der Waals surface area contributed by atoms with Crippen LogP contribution in [0.2, 0.25) is 0 Å². The Morgan fingerprint density at radius 2 is 2.29 bits per heavy atom. The number of nitrogens with two attached hydrogens (primary N) is 1. The third kappa shape index (κ3) is 1.85. The Labute approximate surface area is 86.1 Å². The van der Waals surface area contributed by atoms with Crippen LogP contribution in [0.5, 0.6) is 0 Å². The predicted molar refractivity (Wildman–Crippen MR) is 59.2 cm³/mol. The number of hydrogen-bond donors (Lipinski definition) is 1. The van der Waals surface area contributed by atoms with Crippen LogP contribution in [0, 0.1) is 0 Å². The molecule has 14 heavy (non-hydrogen) atoms. The van der Waals surface area contributed by atoms with Gasteiger partial charge in [0.05, 0.1) is 0 Å². The van der Waals surface area contributed by atoms with E-state index in [2.05, 4.69) is 23.9 Å². The van der Waals surface area contributed by atoms with E-state index in [4.69, 9.17) is 5.73 Å². The average molecular weight is 192 g/mol. The van der Waals surface area contributed by atoms with Crippen LogP contribution in [0.25, 0.3) is 0 Å². The molecule has 0 saturated carbocycles. The highest BCUT2D eigenvalue weighted by atomic mass is 14.9. The van der Waals surface area contributed by atoms with Crippen LogP contribution in [0.1, 0.15) is 49.8 Å². The molecule has 0 bridgehead atoms. The van der Waals surface area contributed by atoms with Crippen LogP contribution >= 0.6 is 0 Å². The highest BCUT2D eigenvalue weighted by Gasteiger charge is 2.16. The van der Waals surface area contributed by atoms with Crippen molar-refractivity contribution in [2.45, 2.75) is 51.6 Å². The van der Waals surface area contributed by atoms with Gasteiger partial charge in [0.2, 0.25) is 0 Å². The van der Waals surface area contributed by atoms with E-state index < -0.39 is 0 Å². The number of nitrogens with zero attached hydrogens (tertiary/aromatic N) is 1. The summed E-state index contributed by atoms with van der Waals surface area (Å²) in [5, 5.41) is 0. The fourth-order valence-electron chi connectivity index (χ4n) is 2.34. The smallest absolute Gasteiger partial charge is 0.0312 e. The van der Waals surface area contributed by atoms with Crippen LogP contribution in [0.4, 0.5) is 0 Å². The first kappa shape index (κ1) is 9.78. The standard InChI is InChI=1S/C12H20N2/c1-2-7-14-8-10-5-3-4-6-12(13)11(10)9-14/h8-9,12H,2-7,13H2,1H3. The summed E-state index contributed by atoms with van der Waals surface area (Å²) in [6.45, 7) is 3.34. The van der Waals surface area contributed by atoms with Gasteiger partial charge in [0.1, 0.15) is 0 Å². The van der Waals surface area contributed by atoms with E-state index in [1.807, 2.05) is 0 Å². The number of hydrogen-bond acceptors (Lipinski definition) is 1. The molecule has 1 heterocycles. The van der Waals surface area contributed by atoms with Crippen molar-refractivity contribution in [3.8, 4) is 0 Å². The van der Waals surface area contributed by atoms with Crippen molar-refractivity contribution in [2.75, 3.05) is 0 Å². The summed E-state index contributed by atoms with van der Waals surface area (Å²) in [7, 11) is 0. The summed E-state index contributed by atoms with van der Waals surface area (Å²) in [6.07, 6.45) is 10.7. The van der Waals surface area contributed by atoms with Gasteiger partial charge in [-0.15, -0.1) is 0 Å². The van der Waals surface area contributed by atoms with E-state index in [-0.39, 0.29) is 6.04 Å². The Bertz CT molecular complexity index is 301. The SMILES string of the molecule is CCCn1cc2c(c1)C(N)CCCC2. The van der Waals surface area contributed by atoms with Gasteiger partial charge in [0.15, 0.2) is 0 Å². The third-order valence-electron chi connectivity index (χ3n) is 3.09. The third-order valence-corrected chi connectivity index (χ3v) is 3.09. The molecular weight excluding hydrogens is 172 g/mol. The molecule has 1 aliphatic carbocycles. The number of aromatic nitrogens is 1. The molecule has 2 heteroatoms. The number of rotatable bonds is 2. The van der Waals surface area contributed by atoms with E-state index >= 15 is 0 Å². The quantitative estimate of drug-likeness (QED) is 0.717. The van der Waals surface area contributed by atoms with Crippen LogP contribution < -0.4 is 5.73 Å². The summed E-state index contributed by atoms with van der Waals surface area (Å²) in [5.41, 5.74) is 9.03. The average Bonchev–Trinajstić information content (AvgIpc) is 2.49. The summed E-state index contributed by atoms with van der Waals surface area (Å²) in [4.78, 5) is 0. The summed E-state index contributed by atoms with van der Waals surface area (Å²) in [5.74, 6) is 0. The normalized spacial score (nSPS) is 21.7. The zero-order valence-corrected chi connectivity index (χ0v) is 9.00. The molecule has 0 spiro atoms. The Morgan fingerprint density at radius 3 is 3.07 bits per heavy atom. The van der Waals surface area contributed by atoms with Crippen molar-refractivity contribution in [3.63, 3.8) is 0 Å². The van der Waals surface area contributed by atoms with E-state index in [0.717, 1.165) is 13.0 Å². The molecule has 2 N–H and O–H groups in total. The van der Waals surface area contributed by atoms with Gasteiger partial charge in [-0.2, -0.15) is 0 Å². The molecule has 1 aromatic heterocycles. The molecule has 0 amide bonds. The molecule has 1 unspecified atom stereocenters. The van der Waals surface area contributed by atoms with E-state index in [1.54, 1.807) is 0 Å². The van der Waals surface area contributed by atoms with Crippen molar-refractivity contribution >= 4 is 0 Å².